The Labute approximate surface area is 96.7 Å². The molecule has 1 aromatic carbocycles. The van der Waals surface area contributed by atoms with Gasteiger partial charge in [0.1, 0.15) is 0 Å². The lowest BCUT2D eigenvalue weighted by Gasteiger charge is -1.99. The van der Waals surface area contributed by atoms with E-state index in [9.17, 15) is 0 Å². The van der Waals surface area contributed by atoms with Crippen LogP contribution in [0.3, 0.4) is 0 Å². The second-order valence-corrected chi connectivity index (χ2v) is 4.17. The van der Waals surface area contributed by atoms with Gasteiger partial charge in [-0.15, -0.1) is 0 Å². The van der Waals surface area contributed by atoms with E-state index in [1.54, 1.807) is 6.07 Å². The third-order valence-corrected chi connectivity index (χ3v) is 3.19. The van der Waals surface area contributed by atoms with Crippen LogP contribution in [0.1, 0.15) is 12.5 Å². The summed E-state index contributed by atoms with van der Waals surface area (Å²) >= 11 is 15.0. The molecule has 13 heavy (non-hydrogen) atoms. The summed E-state index contributed by atoms with van der Waals surface area (Å²) in [6.45, 7) is 2.05. The molecular formula is C10H9BrCl2. The normalized spacial score (nSPS) is 11.8. The van der Waals surface area contributed by atoms with Crippen molar-refractivity contribution in [2.24, 2.45) is 0 Å². The van der Waals surface area contributed by atoms with E-state index in [0.29, 0.717) is 10.0 Å². The fourth-order valence-corrected chi connectivity index (χ4v) is 1.39. The number of allylic oxidation sites excluding steroid dienone is 1. The number of benzene rings is 1. The largest absolute Gasteiger partial charge is 0.0880 e. The number of alkyl halides is 1. The highest BCUT2D eigenvalue weighted by Crippen LogP contribution is 2.23. The fourth-order valence-electron chi connectivity index (χ4n) is 0.925. The average molecular weight is 280 g/mol. The summed E-state index contributed by atoms with van der Waals surface area (Å²) in [5.41, 5.74) is 2.32. The van der Waals surface area contributed by atoms with Gasteiger partial charge in [-0.2, -0.15) is 0 Å². The van der Waals surface area contributed by atoms with Crippen LogP contribution in [-0.4, -0.2) is 5.33 Å². The third-order valence-electron chi connectivity index (χ3n) is 1.57. The van der Waals surface area contributed by atoms with Gasteiger partial charge in [-0.05, 0) is 24.6 Å². The van der Waals surface area contributed by atoms with Gasteiger partial charge in [-0.1, -0.05) is 56.8 Å². The van der Waals surface area contributed by atoms with Crippen LogP contribution < -0.4 is 0 Å². The summed E-state index contributed by atoms with van der Waals surface area (Å²) < 4.78 is 0. The molecule has 0 fully saturated rings. The molecule has 0 aromatic heterocycles. The van der Waals surface area contributed by atoms with Gasteiger partial charge in [0.25, 0.3) is 0 Å². The molecule has 0 N–H and O–H groups in total. The topological polar surface area (TPSA) is 0 Å². The van der Waals surface area contributed by atoms with E-state index in [4.69, 9.17) is 23.2 Å². The average Bonchev–Trinajstić information content (AvgIpc) is 2.11. The molecule has 0 aliphatic rings. The maximum absolute atomic E-state index is 5.87. The van der Waals surface area contributed by atoms with E-state index < -0.39 is 0 Å². The van der Waals surface area contributed by atoms with Crippen molar-refractivity contribution in [1.29, 1.82) is 0 Å². The van der Waals surface area contributed by atoms with Crippen LogP contribution in [-0.2, 0) is 0 Å². The minimum absolute atomic E-state index is 0.593. The lowest BCUT2D eigenvalue weighted by atomic mass is 10.1. The van der Waals surface area contributed by atoms with Crippen LogP contribution in [0.4, 0.5) is 0 Å². The molecule has 0 amide bonds. The molecule has 0 atom stereocenters. The van der Waals surface area contributed by atoms with Crippen molar-refractivity contribution < 1.29 is 0 Å². The van der Waals surface area contributed by atoms with Crippen molar-refractivity contribution in [2.45, 2.75) is 6.92 Å². The number of rotatable bonds is 2. The van der Waals surface area contributed by atoms with Crippen molar-refractivity contribution >= 4 is 45.2 Å². The summed E-state index contributed by atoms with van der Waals surface area (Å²) in [5.74, 6) is 0. The van der Waals surface area contributed by atoms with Gasteiger partial charge in [0.15, 0.2) is 0 Å². The second-order valence-electron chi connectivity index (χ2n) is 2.80. The molecule has 1 aromatic rings. The first-order valence-electron chi connectivity index (χ1n) is 3.81. The Balaban J connectivity index is 2.98. The molecule has 0 spiro atoms. The van der Waals surface area contributed by atoms with Gasteiger partial charge in [0.05, 0.1) is 10.0 Å². The summed E-state index contributed by atoms with van der Waals surface area (Å²) in [7, 11) is 0. The standard InChI is InChI=1S/C10H9BrCl2/c1-7(6-11)4-8-2-3-9(12)10(13)5-8/h2-5H,6H2,1H3. The Bertz CT molecular complexity index is 332. The van der Waals surface area contributed by atoms with Crippen molar-refractivity contribution in [3.63, 3.8) is 0 Å². The van der Waals surface area contributed by atoms with E-state index >= 15 is 0 Å². The van der Waals surface area contributed by atoms with Crippen LogP contribution in [0.15, 0.2) is 23.8 Å². The predicted octanol–water partition coefficient (Wildman–Crippen LogP) is 4.79. The molecule has 0 aliphatic heterocycles. The van der Waals surface area contributed by atoms with Crippen molar-refractivity contribution in [1.82, 2.24) is 0 Å². The first kappa shape index (κ1) is 11.1. The second kappa shape index (κ2) is 5.04. The highest BCUT2D eigenvalue weighted by Gasteiger charge is 1.97. The van der Waals surface area contributed by atoms with Crippen LogP contribution in [0.5, 0.6) is 0 Å². The predicted molar refractivity (Wildman–Crippen MR) is 63.9 cm³/mol. The molecule has 0 aliphatic carbocycles. The minimum Gasteiger partial charge on any atom is -0.0880 e. The van der Waals surface area contributed by atoms with Crippen molar-refractivity contribution in [3.8, 4) is 0 Å². The summed E-state index contributed by atoms with van der Waals surface area (Å²) in [6.07, 6.45) is 2.07. The highest BCUT2D eigenvalue weighted by molar-refractivity contribution is 9.09. The van der Waals surface area contributed by atoms with E-state index in [0.717, 1.165) is 10.9 Å². The zero-order chi connectivity index (χ0) is 9.84. The summed E-state index contributed by atoms with van der Waals surface area (Å²) in [4.78, 5) is 0. The van der Waals surface area contributed by atoms with E-state index in [-0.39, 0.29) is 0 Å². The van der Waals surface area contributed by atoms with Crippen LogP contribution in [0, 0.1) is 0 Å². The minimum atomic E-state index is 0.593. The summed E-state index contributed by atoms with van der Waals surface area (Å²) in [5, 5.41) is 2.06. The molecule has 0 bridgehead atoms. The highest BCUT2D eigenvalue weighted by atomic mass is 79.9. The summed E-state index contributed by atoms with van der Waals surface area (Å²) in [6, 6.07) is 5.60. The van der Waals surface area contributed by atoms with E-state index in [1.165, 1.54) is 5.57 Å². The van der Waals surface area contributed by atoms with Gasteiger partial charge >= 0.3 is 0 Å². The SMILES string of the molecule is CC(=Cc1ccc(Cl)c(Cl)c1)CBr. The molecule has 0 nitrogen and oxygen atoms in total. The van der Waals surface area contributed by atoms with Crippen LogP contribution in [0.25, 0.3) is 6.08 Å². The zero-order valence-corrected chi connectivity index (χ0v) is 10.2. The molecule has 0 saturated carbocycles. The molecule has 0 heterocycles. The lowest BCUT2D eigenvalue weighted by Crippen LogP contribution is -1.78. The smallest absolute Gasteiger partial charge is 0.0598 e. The Hall–Kier alpha value is 0.0200. The fraction of sp³-hybridized carbons (Fsp3) is 0.200. The van der Waals surface area contributed by atoms with Gasteiger partial charge < -0.3 is 0 Å². The Morgan fingerprint density at radius 1 is 1.38 bits per heavy atom. The van der Waals surface area contributed by atoms with E-state index in [2.05, 4.69) is 28.9 Å². The quantitative estimate of drug-likeness (QED) is 0.683. The molecule has 1 rings (SSSR count). The van der Waals surface area contributed by atoms with Gasteiger partial charge in [-0.3, -0.25) is 0 Å². The lowest BCUT2D eigenvalue weighted by molar-refractivity contribution is 1.45. The number of hydrogen-bond acceptors (Lipinski definition) is 0. The van der Waals surface area contributed by atoms with Gasteiger partial charge in [0, 0.05) is 5.33 Å². The van der Waals surface area contributed by atoms with Crippen LogP contribution in [0.2, 0.25) is 10.0 Å². The molecule has 3 heteroatoms. The van der Waals surface area contributed by atoms with Crippen molar-refractivity contribution in [3.05, 3.63) is 39.4 Å². The molecular weight excluding hydrogens is 271 g/mol. The van der Waals surface area contributed by atoms with Crippen LogP contribution >= 0.6 is 39.1 Å². The van der Waals surface area contributed by atoms with Gasteiger partial charge in [0.2, 0.25) is 0 Å². The maximum atomic E-state index is 5.87. The first-order valence-corrected chi connectivity index (χ1v) is 5.69. The molecule has 0 saturated heterocycles. The first-order chi connectivity index (χ1) is 6.13. The molecule has 0 radical (unpaired) electrons. The molecule has 0 unspecified atom stereocenters. The Morgan fingerprint density at radius 3 is 2.62 bits per heavy atom. The maximum Gasteiger partial charge on any atom is 0.0598 e. The molecule has 70 valence electrons. The zero-order valence-electron chi connectivity index (χ0n) is 7.15. The van der Waals surface area contributed by atoms with Crippen molar-refractivity contribution in [2.75, 3.05) is 5.33 Å². The number of hydrogen-bond donors (Lipinski definition) is 0. The Kier molecular flexibility index (Phi) is 4.30. The third kappa shape index (κ3) is 3.34. The van der Waals surface area contributed by atoms with Gasteiger partial charge in [-0.25, -0.2) is 0 Å². The Morgan fingerprint density at radius 2 is 2.08 bits per heavy atom. The monoisotopic (exact) mass is 278 g/mol. The van der Waals surface area contributed by atoms with E-state index in [1.807, 2.05) is 12.1 Å². The number of halogens is 3.